The Balaban J connectivity index is 2.53. The van der Waals surface area contributed by atoms with Crippen molar-refractivity contribution >= 4 is 11.8 Å². The predicted molar refractivity (Wildman–Crippen MR) is 80.0 cm³/mol. The lowest BCUT2D eigenvalue weighted by atomic mass is 9.91. The van der Waals surface area contributed by atoms with Gasteiger partial charge in [-0.25, -0.2) is 0 Å². The number of aromatic hydroxyl groups is 3. The number of hydrogen-bond acceptors (Lipinski definition) is 6. The van der Waals surface area contributed by atoms with Crippen molar-refractivity contribution in [3.8, 4) is 17.2 Å². The number of ether oxygens (including phenoxy) is 1. The number of phenolic OH excluding ortho intramolecular Hbond substituents is 3. The molecule has 0 aliphatic carbocycles. The molecule has 0 aromatic heterocycles. The summed E-state index contributed by atoms with van der Waals surface area (Å²) in [5.41, 5.74) is -0.796. The van der Waals surface area contributed by atoms with Gasteiger partial charge in [0.15, 0.2) is 5.78 Å². The third-order valence-electron chi connectivity index (χ3n) is 3.58. The quantitative estimate of drug-likeness (QED) is 0.406. The minimum absolute atomic E-state index is 0.00568. The fourth-order valence-corrected chi connectivity index (χ4v) is 1.75. The molecule has 6 nitrogen and oxygen atoms in total. The topological polar surface area (TPSA) is 104 Å². The molecule has 0 saturated heterocycles. The summed E-state index contributed by atoms with van der Waals surface area (Å²) in [4.78, 5) is 23.7. The molecule has 0 amide bonds. The maximum Gasteiger partial charge on any atom is 0.311 e. The van der Waals surface area contributed by atoms with E-state index in [0.29, 0.717) is 6.42 Å². The van der Waals surface area contributed by atoms with E-state index in [2.05, 4.69) is 0 Å². The summed E-state index contributed by atoms with van der Waals surface area (Å²) in [6.07, 6.45) is 0.940. The molecule has 22 heavy (non-hydrogen) atoms. The number of benzene rings is 1. The fourth-order valence-electron chi connectivity index (χ4n) is 1.75. The number of hydrogen-bond donors (Lipinski definition) is 3. The first-order valence-electron chi connectivity index (χ1n) is 7.14. The number of carbonyl (C=O) groups excluding carboxylic acids is 2. The van der Waals surface area contributed by atoms with Gasteiger partial charge in [-0.2, -0.15) is 0 Å². The zero-order valence-corrected chi connectivity index (χ0v) is 13.0. The zero-order chi connectivity index (χ0) is 16.9. The second-order valence-electron chi connectivity index (χ2n) is 5.76. The van der Waals surface area contributed by atoms with Crippen LogP contribution in [0.1, 0.15) is 50.4 Å². The Kier molecular flexibility index (Phi) is 5.79. The lowest BCUT2D eigenvalue weighted by molar-refractivity contribution is -0.154. The van der Waals surface area contributed by atoms with E-state index in [-0.39, 0.29) is 36.7 Å². The Morgan fingerprint density at radius 1 is 1.14 bits per heavy atom. The number of Topliss-reactive ketones (excluding diaryl/α,β-unsaturated/α-hetero) is 1. The van der Waals surface area contributed by atoms with Gasteiger partial charge in [-0.05, 0) is 26.7 Å². The first kappa shape index (κ1) is 17.8. The smallest absolute Gasteiger partial charge is 0.311 e. The summed E-state index contributed by atoms with van der Waals surface area (Å²) in [7, 11) is 0. The van der Waals surface area contributed by atoms with Crippen LogP contribution < -0.4 is 0 Å². The Labute approximate surface area is 129 Å². The standard InChI is InChI=1S/C16H22O6/c1-4-16(2,3)15(21)22-7-5-6-11(18)14-12(19)8-10(17)9-13(14)20/h8-9,17,19-20H,4-7H2,1-3H3. The predicted octanol–water partition coefficient (Wildman–Crippen LogP) is 2.75. The first-order chi connectivity index (χ1) is 10.2. The van der Waals surface area contributed by atoms with Gasteiger partial charge in [-0.3, -0.25) is 9.59 Å². The third-order valence-corrected chi connectivity index (χ3v) is 3.58. The highest BCUT2D eigenvalue weighted by Gasteiger charge is 2.27. The van der Waals surface area contributed by atoms with Crippen LogP contribution >= 0.6 is 0 Å². The van der Waals surface area contributed by atoms with Crippen molar-refractivity contribution in [1.29, 1.82) is 0 Å². The van der Waals surface area contributed by atoms with Gasteiger partial charge in [0.1, 0.15) is 22.8 Å². The minimum Gasteiger partial charge on any atom is -0.508 e. The highest BCUT2D eigenvalue weighted by molar-refractivity contribution is 6.01. The summed E-state index contributed by atoms with van der Waals surface area (Å²) >= 11 is 0. The molecule has 0 saturated carbocycles. The molecule has 3 N–H and O–H groups in total. The minimum atomic E-state index is -0.558. The molecule has 6 heteroatoms. The monoisotopic (exact) mass is 310 g/mol. The summed E-state index contributed by atoms with van der Waals surface area (Å²) < 4.78 is 5.11. The molecule has 0 fully saturated rings. The largest absolute Gasteiger partial charge is 0.508 e. The molecule has 0 unspecified atom stereocenters. The SMILES string of the molecule is CCC(C)(C)C(=O)OCCCC(=O)c1c(O)cc(O)cc1O. The van der Waals surface area contributed by atoms with Crippen LogP contribution in [0, 0.1) is 5.41 Å². The summed E-state index contributed by atoms with van der Waals surface area (Å²) in [6.45, 7) is 5.55. The van der Waals surface area contributed by atoms with Crippen LogP contribution in [0.15, 0.2) is 12.1 Å². The third kappa shape index (κ3) is 4.38. The average molecular weight is 310 g/mol. The average Bonchev–Trinajstić information content (AvgIpc) is 2.42. The normalized spacial score (nSPS) is 11.2. The second-order valence-corrected chi connectivity index (χ2v) is 5.76. The summed E-state index contributed by atoms with van der Waals surface area (Å²) in [5.74, 6) is -2.10. The van der Waals surface area contributed by atoms with Crippen LogP contribution in [0.2, 0.25) is 0 Å². The van der Waals surface area contributed by atoms with Gasteiger partial charge in [0.25, 0.3) is 0 Å². The number of esters is 1. The molecule has 122 valence electrons. The second kappa shape index (κ2) is 7.15. The van der Waals surface area contributed by atoms with Crippen molar-refractivity contribution in [2.75, 3.05) is 6.61 Å². The number of phenols is 3. The maximum absolute atomic E-state index is 12.0. The van der Waals surface area contributed by atoms with Crippen LogP contribution in [0.5, 0.6) is 17.2 Å². The van der Waals surface area contributed by atoms with Crippen molar-refractivity contribution in [3.63, 3.8) is 0 Å². The lowest BCUT2D eigenvalue weighted by Gasteiger charge is -2.20. The first-order valence-corrected chi connectivity index (χ1v) is 7.14. The van der Waals surface area contributed by atoms with Gasteiger partial charge in [-0.1, -0.05) is 6.92 Å². The fraction of sp³-hybridized carbons (Fsp3) is 0.500. The van der Waals surface area contributed by atoms with E-state index >= 15 is 0 Å². The molecule has 1 aromatic carbocycles. The molecular weight excluding hydrogens is 288 g/mol. The van der Waals surface area contributed by atoms with Crippen molar-refractivity contribution in [2.24, 2.45) is 5.41 Å². The highest BCUT2D eigenvalue weighted by atomic mass is 16.5. The number of ketones is 1. The maximum atomic E-state index is 12.0. The van der Waals surface area contributed by atoms with Gasteiger partial charge < -0.3 is 20.1 Å². The van der Waals surface area contributed by atoms with Crippen molar-refractivity contribution in [1.82, 2.24) is 0 Å². The van der Waals surface area contributed by atoms with E-state index < -0.39 is 22.7 Å². The number of rotatable bonds is 7. The molecule has 0 aliphatic heterocycles. The van der Waals surface area contributed by atoms with E-state index in [4.69, 9.17) is 4.74 Å². The lowest BCUT2D eigenvalue weighted by Crippen LogP contribution is -2.26. The van der Waals surface area contributed by atoms with Gasteiger partial charge in [0.2, 0.25) is 0 Å². The van der Waals surface area contributed by atoms with Crippen molar-refractivity contribution in [2.45, 2.75) is 40.0 Å². The molecule has 0 bridgehead atoms. The van der Waals surface area contributed by atoms with E-state index in [0.717, 1.165) is 12.1 Å². The highest BCUT2D eigenvalue weighted by Crippen LogP contribution is 2.33. The molecule has 0 atom stereocenters. The molecule has 0 radical (unpaired) electrons. The Morgan fingerprint density at radius 3 is 2.18 bits per heavy atom. The molecule has 1 aromatic rings. The van der Waals surface area contributed by atoms with E-state index in [1.807, 2.05) is 6.92 Å². The molecule has 0 heterocycles. The van der Waals surface area contributed by atoms with E-state index in [1.54, 1.807) is 13.8 Å². The van der Waals surface area contributed by atoms with Gasteiger partial charge >= 0.3 is 5.97 Å². The van der Waals surface area contributed by atoms with Gasteiger partial charge in [-0.15, -0.1) is 0 Å². The van der Waals surface area contributed by atoms with Crippen molar-refractivity contribution < 1.29 is 29.6 Å². The van der Waals surface area contributed by atoms with Crippen LogP contribution in [0.3, 0.4) is 0 Å². The molecule has 1 rings (SSSR count). The Hall–Kier alpha value is -2.24. The van der Waals surface area contributed by atoms with E-state index in [1.165, 1.54) is 0 Å². The van der Waals surface area contributed by atoms with Gasteiger partial charge in [0.05, 0.1) is 12.0 Å². The zero-order valence-electron chi connectivity index (χ0n) is 13.0. The van der Waals surface area contributed by atoms with Crippen LogP contribution in [-0.2, 0) is 9.53 Å². The summed E-state index contributed by atoms with van der Waals surface area (Å²) in [5, 5.41) is 28.4. The molecule has 0 aliphatic rings. The summed E-state index contributed by atoms with van der Waals surface area (Å²) in [6, 6.07) is 1.97. The Bertz CT molecular complexity index is 539. The van der Waals surface area contributed by atoms with Gasteiger partial charge in [0, 0.05) is 18.6 Å². The van der Waals surface area contributed by atoms with Crippen LogP contribution in [0.25, 0.3) is 0 Å². The van der Waals surface area contributed by atoms with E-state index in [9.17, 15) is 24.9 Å². The number of carbonyl (C=O) groups is 2. The van der Waals surface area contributed by atoms with Crippen molar-refractivity contribution in [3.05, 3.63) is 17.7 Å². The molecular formula is C16H22O6. The Morgan fingerprint density at radius 2 is 1.68 bits per heavy atom. The van der Waals surface area contributed by atoms with Crippen LogP contribution in [-0.4, -0.2) is 33.7 Å². The molecule has 0 spiro atoms. The van der Waals surface area contributed by atoms with Crippen LogP contribution in [0.4, 0.5) is 0 Å².